The molecule has 3 N–H and O–H groups in total. The molecule has 0 aliphatic heterocycles. The maximum Gasteiger partial charge on any atom is 0.315 e. The van der Waals surface area contributed by atoms with Crippen molar-refractivity contribution in [3.05, 3.63) is 16.1 Å². The molecule has 2 atom stereocenters. The second kappa shape index (κ2) is 7.42. The van der Waals surface area contributed by atoms with Crippen molar-refractivity contribution in [2.45, 2.75) is 71.4 Å². The van der Waals surface area contributed by atoms with Crippen LogP contribution in [-0.2, 0) is 5.41 Å². The maximum absolute atomic E-state index is 12.1. The van der Waals surface area contributed by atoms with E-state index in [0.717, 1.165) is 23.5 Å². The summed E-state index contributed by atoms with van der Waals surface area (Å²) in [6, 6.07) is -0.435. The lowest BCUT2D eigenvalue weighted by Gasteiger charge is -2.29. The molecule has 6 heteroatoms. The predicted octanol–water partition coefficient (Wildman–Crippen LogP) is 3.35. The topological polar surface area (TPSA) is 74.2 Å². The van der Waals surface area contributed by atoms with Gasteiger partial charge in [-0.3, -0.25) is 0 Å². The fourth-order valence-electron chi connectivity index (χ4n) is 2.13. The number of amides is 2. The molecule has 0 fully saturated rings. The lowest BCUT2D eigenvalue weighted by atomic mass is 9.93. The van der Waals surface area contributed by atoms with Gasteiger partial charge < -0.3 is 15.7 Å². The molecule has 0 spiro atoms. The summed E-state index contributed by atoms with van der Waals surface area (Å²) < 4.78 is 0. The number of thiazole rings is 1. The number of nitrogens with zero attached hydrogens (tertiary/aromatic N) is 1. The molecule has 1 aromatic heterocycles. The minimum Gasteiger partial charge on any atom is -0.394 e. The van der Waals surface area contributed by atoms with E-state index in [0.29, 0.717) is 0 Å². The number of aliphatic hydroxyl groups is 1. The summed E-state index contributed by atoms with van der Waals surface area (Å²) in [4.78, 5) is 16.7. The Labute approximate surface area is 137 Å². The highest BCUT2D eigenvalue weighted by atomic mass is 32.1. The van der Waals surface area contributed by atoms with Crippen molar-refractivity contribution in [1.29, 1.82) is 0 Å². The van der Waals surface area contributed by atoms with Crippen molar-refractivity contribution in [1.82, 2.24) is 15.6 Å². The molecule has 5 nitrogen and oxygen atoms in total. The van der Waals surface area contributed by atoms with Crippen LogP contribution < -0.4 is 10.6 Å². The van der Waals surface area contributed by atoms with E-state index >= 15 is 0 Å². The van der Waals surface area contributed by atoms with Crippen LogP contribution in [0.15, 0.2) is 5.38 Å². The molecule has 22 heavy (non-hydrogen) atoms. The van der Waals surface area contributed by atoms with Crippen molar-refractivity contribution in [2.24, 2.45) is 0 Å². The van der Waals surface area contributed by atoms with Gasteiger partial charge in [0.15, 0.2) is 0 Å². The van der Waals surface area contributed by atoms with E-state index in [1.165, 1.54) is 0 Å². The first-order valence-corrected chi connectivity index (χ1v) is 8.64. The summed E-state index contributed by atoms with van der Waals surface area (Å²) in [6.45, 7) is 12.1. The van der Waals surface area contributed by atoms with Crippen LogP contribution >= 0.6 is 11.3 Å². The highest BCUT2D eigenvalue weighted by molar-refractivity contribution is 7.09. The number of hydrogen-bond donors (Lipinski definition) is 3. The Kier molecular flexibility index (Phi) is 6.38. The fraction of sp³-hybridized carbons (Fsp3) is 0.750. The summed E-state index contributed by atoms with van der Waals surface area (Å²) >= 11 is 1.56. The second-order valence-electron chi connectivity index (χ2n) is 7.11. The van der Waals surface area contributed by atoms with E-state index in [-0.39, 0.29) is 24.1 Å². The third-order valence-corrected chi connectivity index (χ3v) is 4.60. The first-order chi connectivity index (χ1) is 10.1. The fourth-order valence-corrected chi connectivity index (χ4v) is 3.19. The van der Waals surface area contributed by atoms with Gasteiger partial charge in [0.05, 0.1) is 23.9 Å². The Balaban J connectivity index is 2.66. The van der Waals surface area contributed by atoms with E-state index in [9.17, 15) is 9.90 Å². The SMILES string of the molecule is CCCC(C)(CO)NC(=O)NC(C)c1nc(C(C)(C)C)cs1. The van der Waals surface area contributed by atoms with Crippen molar-refractivity contribution < 1.29 is 9.90 Å². The Morgan fingerprint density at radius 1 is 1.41 bits per heavy atom. The predicted molar refractivity (Wildman–Crippen MR) is 91.3 cm³/mol. The molecule has 0 aliphatic carbocycles. The number of carbonyl (C=O) groups excluding carboxylic acids is 1. The Hall–Kier alpha value is -1.14. The van der Waals surface area contributed by atoms with Gasteiger partial charge in [0.25, 0.3) is 0 Å². The van der Waals surface area contributed by atoms with Crippen LogP contribution in [0.3, 0.4) is 0 Å². The van der Waals surface area contributed by atoms with Gasteiger partial charge in [-0.2, -0.15) is 0 Å². The lowest BCUT2D eigenvalue weighted by molar-refractivity contribution is 0.162. The van der Waals surface area contributed by atoms with Crippen molar-refractivity contribution in [2.75, 3.05) is 6.61 Å². The molecule has 1 heterocycles. The quantitative estimate of drug-likeness (QED) is 0.750. The van der Waals surface area contributed by atoms with Gasteiger partial charge in [-0.05, 0) is 20.3 Å². The molecule has 0 aromatic carbocycles. The summed E-state index contributed by atoms with van der Waals surface area (Å²) in [7, 11) is 0. The third-order valence-electron chi connectivity index (χ3n) is 3.57. The Bertz CT molecular complexity index is 496. The number of hydrogen-bond acceptors (Lipinski definition) is 4. The highest BCUT2D eigenvalue weighted by Gasteiger charge is 2.26. The molecular weight excluding hydrogens is 298 g/mol. The average molecular weight is 327 g/mol. The van der Waals surface area contributed by atoms with E-state index in [4.69, 9.17) is 0 Å². The number of aromatic nitrogens is 1. The van der Waals surface area contributed by atoms with E-state index in [1.54, 1.807) is 11.3 Å². The molecule has 0 aliphatic rings. The van der Waals surface area contributed by atoms with Gasteiger partial charge in [0, 0.05) is 10.8 Å². The normalized spacial score (nSPS) is 16.0. The maximum atomic E-state index is 12.1. The van der Waals surface area contributed by atoms with Crippen molar-refractivity contribution in [3.8, 4) is 0 Å². The van der Waals surface area contributed by atoms with E-state index in [2.05, 4.69) is 36.4 Å². The smallest absolute Gasteiger partial charge is 0.315 e. The molecule has 0 bridgehead atoms. The molecule has 0 saturated heterocycles. The number of nitrogens with one attached hydrogen (secondary N) is 2. The zero-order valence-corrected chi connectivity index (χ0v) is 15.3. The van der Waals surface area contributed by atoms with Gasteiger partial charge in [0.1, 0.15) is 5.01 Å². The molecule has 0 radical (unpaired) electrons. The van der Waals surface area contributed by atoms with Gasteiger partial charge in [-0.1, -0.05) is 34.1 Å². The Morgan fingerprint density at radius 2 is 2.05 bits per heavy atom. The van der Waals surface area contributed by atoms with Gasteiger partial charge in [0.2, 0.25) is 0 Å². The first kappa shape index (κ1) is 18.9. The second-order valence-corrected chi connectivity index (χ2v) is 8.00. The van der Waals surface area contributed by atoms with Gasteiger partial charge >= 0.3 is 6.03 Å². The highest BCUT2D eigenvalue weighted by Crippen LogP contribution is 2.26. The summed E-state index contributed by atoms with van der Waals surface area (Å²) in [5.74, 6) is 0. The number of carbonyl (C=O) groups is 1. The number of aliphatic hydroxyl groups excluding tert-OH is 1. The van der Waals surface area contributed by atoms with Crippen molar-refractivity contribution in [3.63, 3.8) is 0 Å². The van der Waals surface area contributed by atoms with Crippen LogP contribution in [0.5, 0.6) is 0 Å². The first-order valence-electron chi connectivity index (χ1n) is 7.76. The van der Waals surface area contributed by atoms with Gasteiger partial charge in [-0.25, -0.2) is 9.78 Å². The van der Waals surface area contributed by atoms with E-state index < -0.39 is 5.54 Å². The molecule has 0 saturated carbocycles. The van der Waals surface area contributed by atoms with Gasteiger partial charge in [-0.15, -0.1) is 11.3 Å². The molecular formula is C16H29N3O2S. The van der Waals surface area contributed by atoms with Crippen LogP contribution in [0.25, 0.3) is 0 Å². The van der Waals surface area contributed by atoms with Crippen LogP contribution in [0.2, 0.25) is 0 Å². The third kappa shape index (κ3) is 5.25. The monoisotopic (exact) mass is 327 g/mol. The van der Waals surface area contributed by atoms with Crippen LogP contribution in [-0.4, -0.2) is 28.3 Å². The number of urea groups is 1. The summed E-state index contributed by atoms with van der Waals surface area (Å²) in [5.41, 5.74) is 0.457. The van der Waals surface area contributed by atoms with E-state index in [1.807, 2.05) is 26.2 Å². The Morgan fingerprint density at radius 3 is 2.50 bits per heavy atom. The molecule has 126 valence electrons. The zero-order valence-electron chi connectivity index (χ0n) is 14.5. The van der Waals surface area contributed by atoms with Crippen LogP contribution in [0.1, 0.15) is 71.1 Å². The summed E-state index contributed by atoms with van der Waals surface area (Å²) in [5, 5.41) is 18.1. The molecule has 1 aromatic rings. The lowest BCUT2D eigenvalue weighted by Crippen LogP contribution is -2.52. The molecule has 2 unspecified atom stereocenters. The average Bonchev–Trinajstić information content (AvgIpc) is 2.88. The largest absolute Gasteiger partial charge is 0.394 e. The number of rotatable bonds is 6. The standard InChI is InChI=1S/C16H29N3O2S/c1-7-8-16(6,10-20)19-14(21)17-11(2)13-18-12(9-22-13)15(3,4)5/h9,11,20H,7-8,10H2,1-6H3,(H2,17,19,21). The van der Waals surface area contributed by atoms with Crippen LogP contribution in [0.4, 0.5) is 4.79 Å². The minimum atomic E-state index is -0.585. The molecule has 1 rings (SSSR count). The summed E-state index contributed by atoms with van der Waals surface area (Å²) in [6.07, 6.45) is 1.63. The molecule has 2 amide bonds. The minimum absolute atomic E-state index is 0.00726. The van der Waals surface area contributed by atoms with Crippen molar-refractivity contribution >= 4 is 17.4 Å². The zero-order chi connectivity index (χ0) is 17.0. The van der Waals surface area contributed by atoms with Crippen LogP contribution in [0, 0.1) is 0 Å².